The second kappa shape index (κ2) is 7.60. The maximum atomic E-state index is 12.8. The molecule has 0 unspecified atom stereocenters. The SMILES string of the molecule is CC1CCCN(c2ccc(-n3cnc4ncnc(Cl)c4c3=O)cn2)CCC1. The Balaban J connectivity index is 1.63. The lowest BCUT2D eigenvalue weighted by molar-refractivity contribution is 0.433. The van der Waals surface area contributed by atoms with E-state index in [9.17, 15) is 4.79 Å². The molecule has 0 aromatic carbocycles. The van der Waals surface area contributed by atoms with Gasteiger partial charge in [0, 0.05) is 13.1 Å². The summed E-state index contributed by atoms with van der Waals surface area (Å²) in [4.78, 5) is 31.8. The van der Waals surface area contributed by atoms with Gasteiger partial charge in [0.25, 0.3) is 5.56 Å². The van der Waals surface area contributed by atoms with Gasteiger partial charge in [0.1, 0.15) is 29.0 Å². The zero-order valence-electron chi connectivity index (χ0n) is 15.2. The summed E-state index contributed by atoms with van der Waals surface area (Å²) >= 11 is 6.06. The predicted molar refractivity (Wildman–Crippen MR) is 106 cm³/mol. The zero-order chi connectivity index (χ0) is 18.8. The highest BCUT2D eigenvalue weighted by atomic mass is 35.5. The molecule has 0 radical (unpaired) electrons. The molecule has 0 atom stereocenters. The van der Waals surface area contributed by atoms with E-state index in [-0.39, 0.29) is 21.7 Å². The van der Waals surface area contributed by atoms with Crippen molar-refractivity contribution in [2.45, 2.75) is 32.6 Å². The highest BCUT2D eigenvalue weighted by Crippen LogP contribution is 2.21. The van der Waals surface area contributed by atoms with Crippen LogP contribution in [0.15, 0.2) is 35.8 Å². The van der Waals surface area contributed by atoms with E-state index in [1.54, 1.807) is 6.20 Å². The van der Waals surface area contributed by atoms with Crippen molar-refractivity contribution in [3.63, 3.8) is 0 Å². The van der Waals surface area contributed by atoms with E-state index in [2.05, 4.69) is 31.8 Å². The summed E-state index contributed by atoms with van der Waals surface area (Å²) in [6.45, 7) is 4.36. The second-order valence-electron chi connectivity index (χ2n) is 7.03. The number of fused-ring (bicyclic) bond motifs is 1. The quantitative estimate of drug-likeness (QED) is 0.631. The van der Waals surface area contributed by atoms with Crippen molar-refractivity contribution < 1.29 is 0 Å². The minimum absolute atomic E-state index is 0.103. The Hall–Kier alpha value is -2.54. The number of rotatable bonds is 2. The highest BCUT2D eigenvalue weighted by molar-refractivity contribution is 6.33. The van der Waals surface area contributed by atoms with E-state index in [1.807, 2.05) is 12.1 Å². The van der Waals surface area contributed by atoms with Gasteiger partial charge in [0.15, 0.2) is 5.65 Å². The van der Waals surface area contributed by atoms with Gasteiger partial charge in [-0.15, -0.1) is 0 Å². The lowest BCUT2D eigenvalue weighted by atomic mass is 9.97. The van der Waals surface area contributed by atoms with Gasteiger partial charge in [-0.25, -0.2) is 19.9 Å². The molecule has 0 bridgehead atoms. The Morgan fingerprint density at radius 3 is 2.56 bits per heavy atom. The monoisotopic (exact) mass is 384 g/mol. The van der Waals surface area contributed by atoms with E-state index >= 15 is 0 Å². The van der Waals surface area contributed by atoms with Crippen molar-refractivity contribution in [1.29, 1.82) is 0 Å². The first-order valence-corrected chi connectivity index (χ1v) is 9.60. The summed E-state index contributed by atoms with van der Waals surface area (Å²) in [5, 5.41) is 0.315. The van der Waals surface area contributed by atoms with Crippen LogP contribution in [0.25, 0.3) is 16.7 Å². The van der Waals surface area contributed by atoms with Crippen LogP contribution in [0, 0.1) is 5.92 Å². The van der Waals surface area contributed by atoms with Gasteiger partial charge < -0.3 is 4.90 Å². The maximum Gasteiger partial charge on any atom is 0.270 e. The normalized spacial score (nSPS) is 16.3. The van der Waals surface area contributed by atoms with Crippen molar-refractivity contribution in [2.24, 2.45) is 5.92 Å². The summed E-state index contributed by atoms with van der Waals surface area (Å²) in [7, 11) is 0. The van der Waals surface area contributed by atoms with Gasteiger partial charge in [-0.3, -0.25) is 9.36 Å². The number of aromatic nitrogens is 5. The summed E-state index contributed by atoms with van der Waals surface area (Å²) in [6, 6.07) is 3.84. The van der Waals surface area contributed by atoms with E-state index in [0.717, 1.165) is 24.8 Å². The van der Waals surface area contributed by atoms with Gasteiger partial charge in [-0.05, 0) is 43.7 Å². The van der Waals surface area contributed by atoms with Crippen LogP contribution in [-0.4, -0.2) is 37.6 Å². The first-order valence-electron chi connectivity index (χ1n) is 9.23. The average molecular weight is 385 g/mol. The van der Waals surface area contributed by atoms with Crippen molar-refractivity contribution in [2.75, 3.05) is 18.0 Å². The van der Waals surface area contributed by atoms with Gasteiger partial charge >= 0.3 is 0 Å². The van der Waals surface area contributed by atoms with Crippen LogP contribution in [0.5, 0.6) is 0 Å². The summed E-state index contributed by atoms with van der Waals surface area (Å²) in [6.07, 6.45) is 9.31. The van der Waals surface area contributed by atoms with Crippen molar-refractivity contribution in [3.8, 4) is 5.69 Å². The van der Waals surface area contributed by atoms with E-state index < -0.39 is 0 Å². The molecule has 8 heteroatoms. The van der Waals surface area contributed by atoms with Gasteiger partial charge in [-0.1, -0.05) is 18.5 Å². The van der Waals surface area contributed by atoms with Crippen LogP contribution in [0.2, 0.25) is 5.15 Å². The van der Waals surface area contributed by atoms with Crippen LogP contribution in [0.3, 0.4) is 0 Å². The lowest BCUT2D eigenvalue weighted by Crippen LogP contribution is -2.29. The zero-order valence-corrected chi connectivity index (χ0v) is 15.9. The molecular weight excluding hydrogens is 364 g/mol. The summed E-state index contributed by atoms with van der Waals surface area (Å²) < 4.78 is 1.42. The maximum absolute atomic E-state index is 12.8. The molecule has 0 amide bonds. The fourth-order valence-corrected chi connectivity index (χ4v) is 3.77. The number of nitrogens with zero attached hydrogens (tertiary/aromatic N) is 6. The summed E-state index contributed by atoms with van der Waals surface area (Å²) in [5.74, 6) is 1.75. The number of hydrogen-bond donors (Lipinski definition) is 0. The fourth-order valence-electron chi connectivity index (χ4n) is 3.56. The Morgan fingerprint density at radius 2 is 1.85 bits per heavy atom. The Morgan fingerprint density at radius 1 is 1.07 bits per heavy atom. The first kappa shape index (κ1) is 17.9. The van der Waals surface area contributed by atoms with Gasteiger partial charge in [-0.2, -0.15) is 0 Å². The van der Waals surface area contributed by atoms with Crippen molar-refractivity contribution in [1.82, 2.24) is 24.5 Å². The molecule has 1 aliphatic heterocycles. The van der Waals surface area contributed by atoms with Crippen molar-refractivity contribution >= 4 is 28.5 Å². The number of anilines is 1. The average Bonchev–Trinajstić information content (AvgIpc) is 2.65. The fraction of sp³-hybridized carbons (Fsp3) is 0.421. The van der Waals surface area contributed by atoms with Crippen LogP contribution in [0.4, 0.5) is 5.82 Å². The minimum atomic E-state index is -0.305. The molecule has 4 rings (SSSR count). The van der Waals surface area contributed by atoms with E-state index in [4.69, 9.17) is 11.6 Å². The highest BCUT2D eigenvalue weighted by Gasteiger charge is 2.15. The van der Waals surface area contributed by atoms with E-state index in [1.165, 1.54) is 42.9 Å². The summed E-state index contributed by atoms with van der Waals surface area (Å²) in [5.41, 5.74) is 0.620. The van der Waals surface area contributed by atoms with Crippen LogP contribution in [-0.2, 0) is 0 Å². The van der Waals surface area contributed by atoms with E-state index in [0.29, 0.717) is 5.69 Å². The topological polar surface area (TPSA) is 76.8 Å². The smallest absolute Gasteiger partial charge is 0.270 e. The number of hydrogen-bond acceptors (Lipinski definition) is 6. The molecule has 1 aliphatic rings. The standard InChI is InChI=1S/C19H21ClN6O/c1-13-4-2-8-25(9-3-5-13)15-7-6-14(10-21-15)26-12-24-18-16(19(26)27)17(20)22-11-23-18/h6-7,10-13H,2-5,8-9H2,1H3. The predicted octanol–water partition coefficient (Wildman–Crippen LogP) is 3.24. The molecule has 0 N–H and O–H groups in total. The molecule has 7 nitrogen and oxygen atoms in total. The molecule has 140 valence electrons. The Bertz CT molecular complexity index is 993. The minimum Gasteiger partial charge on any atom is -0.357 e. The molecule has 0 aliphatic carbocycles. The first-order chi connectivity index (χ1) is 13.1. The molecule has 3 aromatic rings. The third-order valence-corrected chi connectivity index (χ3v) is 5.38. The van der Waals surface area contributed by atoms with Crippen LogP contribution in [0.1, 0.15) is 32.6 Å². The third kappa shape index (κ3) is 3.64. The Labute approximate surface area is 162 Å². The second-order valence-corrected chi connectivity index (χ2v) is 7.39. The van der Waals surface area contributed by atoms with Crippen LogP contribution < -0.4 is 10.5 Å². The Kier molecular flexibility index (Phi) is 5.03. The van der Waals surface area contributed by atoms with Crippen LogP contribution >= 0.6 is 11.6 Å². The molecule has 1 saturated heterocycles. The molecule has 0 spiro atoms. The van der Waals surface area contributed by atoms with Gasteiger partial charge in [0.05, 0.1) is 11.9 Å². The molecular formula is C19H21ClN6O. The molecule has 4 heterocycles. The largest absolute Gasteiger partial charge is 0.357 e. The molecule has 0 saturated carbocycles. The number of halogens is 1. The molecule has 3 aromatic heterocycles. The molecule has 1 fully saturated rings. The lowest BCUT2D eigenvalue weighted by Gasteiger charge is -2.27. The van der Waals surface area contributed by atoms with Gasteiger partial charge in [0.2, 0.25) is 0 Å². The van der Waals surface area contributed by atoms with Crippen molar-refractivity contribution in [3.05, 3.63) is 46.5 Å². The molecule has 27 heavy (non-hydrogen) atoms. The third-order valence-electron chi connectivity index (χ3n) is 5.09. The number of pyridine rings is 1.